The van der Waals surface area contributed by atoms with E-state index in [0.717, 1.165) is 30.2 Å². The van der Waals surface area contributed by atoms with Gasteiger partial charge in [-0.05, 0) is 42.3 Å². The Balaban J connectivity index is 1.47. The molecule has 2 heterocycles. The number of rotatable bonds is 5. The number of thiazole rings is 1. The largest absolute Gasteiger partial charge is 0.497 e. The predicted octanol–water partition coefficient (Wildman–Crippen LogP) is 3.84. The number of benzene rings is 2. The van der Waals surface area contributed by atoms with Crippen LogP contribution in [0.2, 0.25) is 0 Å². The maximum atomic E-state index is 13.1. The number of hydrogen-bond donors (Lipinski definition) is 0. The highest BCUT2D eigenvalue weighted by Crippen LogP contribution is 2.31. The fourth-order valence-corrected chi connectivity index (χ4v) is 4.65. The lowest BCUT2D eigenvalue weighted by Gasteiger charge is -2.34. The van der Waals surface area contributed by atoms with Gasteiger partial charge in [-0.25, -0.2) is 4.98 Å². The van der Waals surface area contributed by atoms with Crippen LogP contribution in [0.25, 0.3) is 10.2 Å². The van der Waals surface area contributed by atoms with E-state index in [0.29, 0.717) is 30.2 Å². The van der Waals surface area contributed by atoms with Crippen LogP contribution < -0.4 is 14.4 Å². The molecule has 0 N–H and O–H groups in total. The van der Waals surface area contributed by atoms with Gasteiger partial charge in [-0.3, -0.25) is 4.79 Å². The Labute approximate surface area is 174 Å². The number of carbonyl (C=O) groups excluding carboxylic acids is 1. The zero-order valence-electron chi connectivity index (χ0n) is 17.0. The Morgan fingerprint density at radius 2 is 1.86 bits per heavy atom. The van der Waals surface area contributed by atoms with Crippen LogP contribution in [0.1, 0.15) is 22.8 Å². The van der Waals surface area contributed by atoms with Crippen molar-refractivity contribution in [1.29, 1.82) is 0 Å². The van der Waals surface area contributed by atoms with Crippen molar-refractivity contribution < 1.29 is 14.3 Å². The summed E-state index contributed by atoms with van der Waals surface area (Å²) in [6.45, 7) is 4.98. The van der Waals surface area contributed by atoms with E-state index in [4.69, 9.17) is 14.5 Å². The fraction of sp³-hybridized carbons (Fsp3) is 0.364. The summed E-state index contributed by atoms with van der Waals surface area (Å²) in [7, 11) is 3.17. The molecule has 6 nitrogen and oxygen atoms in total. The van der Waals surface area contributed by atoms with Crippen molar-refractivity contribution in [3.05, 3.63) is 47.5 Å². The van der Waals surface area contributed by atoms with Gasteiger partial charge < -0.3 is 19.3 Å². The number of aromatic nitrogens is 1. The van der Waals surface area contributed by atoms with Crippen molar-refractivity contribution in [1.82, 2.24) is 9.88 Å². The van der Waals surface area contributed by atoms with Crippen molar-refractivity contribution in [3.8, 4) is 11.5 Å². The molecule has 1 aliphatic heterocycles. The molecule has 0 radical (unpaired) electrons. The van der Waals surface area contributed by atoms with Crippen molar-refractivity contribution in [2.75, 3.05) is 45.3 Å². The lowest BCUT2D eigenvalue weighted by Crippen LogP contribution is -2.48. The topological polar surface area (TPSA) is 54.9 Å². The third-order valence-electron chi connectivity index (χ3n) is 5.32. The number of piperazine rings is 1. The van der Waals surface area contributed by atoms with Gasteiger partial charge in [0.1, 0.15) is 11.5 Å². The summed E-state index contributed by atoms with van der Waals surface area (Å²) in [5.74, 6) is 1.18. The van der Waals surface area contributed by atoms with Gasteiger partial charge in [-0.15, -0.1) is 0 Å². The number of nitrogens with zero attached hydrogens (tertiary/aromatic N) is 3. The van der Waals surface area contributed by atoms with Crippen LogP contribution in [-0.2, 0) is 6.42 Å². The number of carbonyl (C=O) groups is 1. The fourth-order valence-electron chi connectivity index (χ4n) is 3.56. The highest BCUT2D eigenvalue weighted by atomic mass is 32.1. The highest BCUT2D eigenvalue weighted by molar-refractivity contribution is 7.22. The van der Waals surface area contributed by atoms with E-state index in [1.807, 2.05) is 4.90 Å². The number of aryl methyl sites for hydroxylation is 1. The molecule has 0 unspecified atom stereocenters. The van der Waals surface area contributed by atoms with E-state index in [9.17, 15) is 4.79 Å². The summed E-state index contributed by atoms with van der Waals surface area (Å²) in [5, 5.41) is 1.03. The molecule has 29 heavy (non-hydrogen) atoms. The van der Waals surface area contributed by atoms with E-state index in [1.54, 1.807) is 43.8 Å². The van der Waals surface area contributed by atoms with E-state index in [-0.39, 0.29) is 5.91 Å². The van der Waals surface area contributed by atoms with Gasteiger partial charge in [0.25, 0.3) is 5.91 Å². The van der Waals surface area contributed by atoms with Gasteiger partial charge in [0.2, 0.25) is 0 Å². The number of ether oxygens (including phenoxy) is 2. The molecule has 1 fully saturated rings. The number of anilines is 1. The second kappa shape index (κ2) is 8.29. The minimum Gasteiger partial charge on any atom is -0.497 e. The number of hydrogen-bond acceptors (Lipinski definition) is 6. The first kappa shape index (κ1) is 19.5. The van der Waals surface area contributed by atoms with Gasteiger partial charge in [0, 0.05) is 26.2 Å². The molecule has 0 saturated carbocycles. The summed E-state index contributed by atoms with van der Waals surface area (Å²) in [6, 6.07) is 11.8. The van der Waals surface area contributed by atoms with Crippen molar-refractivity contribution in [3.63, 3.8) is 0 Å². The van der Waals surface area contributed by atoms with Gasteiger partial charge in [0.05, 0.1) is 30.0 Å². The van der Waals surface area contributed by atoms with Gasteiger partial charge in [0.15, 0.2) is 5.13 Å². The normalized spacial score (nSPS) is 14.3. The van der Waals surface area contributed by atoms with Crippen molar-refractivity contribution in [2.45, 2.75) is 13.3 Å². The van der Waals surface area contributed by atoms with Crippen LogP contribution in [0.4, 0.5) is 5.13 Å². The van der Waals surface area contributed by atoms with Crippen LogP contribution in [0, 0.1) is 0 Å². The predicted molar refractivity (Wildman–Crippen MR) is 117 cm³/mol. The Hall–Kier alpha value is -2.80. The molecular weight excluding hydrogens is 386 g/mol. The summed E-state index contributed by atoms with van der Waals surface area (Å²) in [6.07, 6.45) is 1.03. The van der Waals surface area contributed by atoms with E-state index in [1.165, 1.54) is 10.3 Å². The summed E-state index contributed by atoms with van der Waals surface area (Å²) >= 11 is 1.73. The van der Waals surface area contributed by atoms with Crippen molar-refractivity contribution >= 4 is 32.6 Å². The van der Waals surface area contributed by atoms with Gasteiger partial charge in [-0.2, -0.15) is 0 Å². The standard InChI is InChI=1S/C22H25N3O3S/c1-4-15-5-7-18-20(13-15)29-22(23-18)25-11-9-24(10-12-25)21(26)17-14-16(27-2)6-8-19(17)28-3/h5-8,13-14H,4,9-12H2,1-3H3. The molecule has 2 aromatic carbocycles. The Kier molecular flexibility index (Phi) is 5.58. The molecule has 4 rings (SSSR count). The molecule has 1 aliphatic rings. The molecule has 1 amide bonds. The maximum absolute atomic E-state index is 13.1. The van der Waals surface area contributed by atoms with Gasteiger partial charge >= 0.3 is 0 Å². The first-order valence-electron chi connectivity index (χ1n) is 9.78. The lowest BCUT2D eigenvalue weighted by atomic mass is 10.1. The minimum absolute atomic E-state index is 0.0303. The molecule has 1 aromatic heterocycles. The first-order valence-corrected chi connectivity index (χ1v) is 10.6. The van der Waals surface area contributed by atoms with E-state index >= 15 is 0 Å². The molecule has 0 spiro atoms. The second-order valence-electron chi connectivity index (χ2n) is 7.00. The van der Waals surface area contributed by atoms with E-state index in [2.05, 4.69) is 30.0 Å². The van der Waals surface area contributed by atoms with E-state index < -0.39 is 0 Å². The van der Waals surface area contributed by atoms with Gasteiger partial charge in [-0.1, -0.05) is 24.3 Å². The summed E-state index contributed by atoms with van der Waals surface area (Å²) in [4.78, 5) is 22.0. The zero-order valence-corrected chi connectivity index (χ0v) is 17.8. The molecule has 1 saturated heterocycles. The summed E-state index contributed by atoms with van der Waals surface area (Å²) in [5.41, 5.74) is 2.91. The molecule has 0 bridgehead atoms. The summed E-state index contributed by atoms with van der Waals surface area (Å²) < 4.78 is 11.9. The zero-order chi connectivity index (χ0) is 20.4. The monoisotopic (exact) mass is 411 g/mol. The highest BCUT2D eigenvalue weighted by Gasteiger charge is 2.26. The molecular formula is C22H25N3O3S. The van der Waals surface area contributed by atoms with Crippen LogP contribution in [0.5, 0.6) is 11.5 Å². The Morgan fingerprint density at radius 3 is 2.55 bits per heavy atom. The second-order valence-corrected chi connectivity index (χ2v) is 8.01. The number of amides is 1. The minimum atomic E-state index is -0.0303. The third kappa shape index (κ3) is 3.87. The molecule has 0 aliphatic carbocycles. The average Bonchev–Trinajstić information content (AvgIpc) is 3.21. The first-order chi connectivity index (χ1) is 14.1. The van der Waals surface area contributed by atoms with Crippen LogP contribution in [0.3, 0.4) is 0 Å². The number of fused-ring (bicyclic) bond motifs is 1. The average molecular weight is 412 g/mol. The quantitative estimate of drug-likeness (QED) is 0.639. The molecule has 0 atom stereocenters. The van der Waals surface area contributed by atoms with Crippen molar-refractivity contribution in [2.24, 2.45) is 0 Å². The third-order valence-corrected chi connectivity index (χ3v) is 6.40. The Bertz CT molecular complexity index is 1030. The maximum Gasteiger partial charge on any atom is 0.257 e. The number of methoxy groups -OCH3 is 2. The molecule has 3 aromatic rings. The smallest absolute Gasteiger partial charge is 0.257 e. The van der Waals surface area contributed by atoms with Crippen LogP contribution in [0.15, 0.2) is 36.4 Å². The molecule has 7 heteroatoms. The van der Waals surface area contributed by atoms with Crippen LogP contribution in [-0.4, -0.2) is 56.2 Å². The molecule has 152 valence electrons. The SMILES string of the molecule is CCc1ccc2nc(N3CCN(C(=O)c4cc(OC)ccc4OC)CC3)sc2c1. The Morgan fingerprint density at radius 1 is 1.07 bits per heavy atom. The lowest BCUT2D eigenvalue weighted by molar-refractivity contribution is 0.0743. The van der Waals surface area contributed by atoms with Crippen LogP contribution >= 0.6 is 11.3 Å².